The lowest BCUT2D eigenvalue weighted by Crippen LogP contribution is -1.77. The summed E-state index contributed by atoms with van der Waals surface area (Å²) in [4.78, 5) is 3.74. The fourth-order valence-corrected chi connectivity index (χ4v) is 1.83. The first-order valence-corrected chi connectivity index (χ1v) is 5.61. The molecule has 0 fully saturated rings. The summed E-state index contributed by atoms with van der Waals surface area (Å²) in [7, 11) is 0. The van der Waals surface area contributed by atoms with Crippen molar-refractivity contribution in [2.75, 3.05) is 0 Å². The van der Waals surface area contributed by atoms with Gasteiger partial charge in [-0.2, -0.15) is 4.98 Å². The number of aromatic nitrogens is 1. The van der Waals surface area contributed by atoms with E-state index in [1.807, 2.05) is 54.6 Å². The molecule has 0 aliphatic rings. The smallest absolute Gasteiger partial charge is 0.382 e. The van der Waals surface area contributed by atoms with Crippen LogP contribution in [0.5, 0.6) is 0 Å². The first-order chi connectivity index (χ1) is 8.83. The van der Waals surface area contributed by atoms with Gasteiger partial charge in [0.15, 0.2) is 5.58 Å². The van der Waals surface area contributed by atoms with Crippen LogP contribution in [0.4, 0.5) is 4.39 Å². The molecule has 0 saturated carbocycles. The van der Waals surface area contributed by atoms with Crippen LogP contribution >= 0.6 is 0 Å². The Morgan fingerprint density at radius 1 is 0.944 bits per heavy atom. The van der Waals surface area contributed by atoms with Gasteiger partial charge in [-0.1, -0.05) is 54.6 Å². The number of hydrogen-bond donors (Lipinski definition) is 0. The number of rotatable bonds is 2. The van der Waals surface area contributed by atoms with Crippen molar-refractivity contribution >= 4 is 23.3 Å². The Bertz CT molecular complexity index is 701. The maximum atomic E-state index is 13.0. The summed E-state index contributed by atoms with van der Waals surface area (Å²) in [6.45, 7) is 0. The van der Waals surface area contributed by atoms with E-state index in [1.165, 1.54) is 0 Å². The summed E-state index contributed by atoms with van der Waals surface area (Å²) in [5.74, 6) is 0. The predicted octanol–water partition coefficient (Wildman–Crippen LogP) is 4.14. The van der Waals surface area contributed by atoms with Gasteiger partial charge in [0.25, 0.3) is 0 Å². The fraction of sp³-hybridized carbons (Fsp3) is 0. The standard InChI is InChI=1S/C15H10FNO/c16-15-17-14-12(7-4-8-13(14)18-15)10-9-11-5-2-1-3-6-11/h1-10H. The van der Waals surface area contributed by atoms with E-state index in [-0.39, 0.29) is 0 Å². The highest BCUT2D eigenvalue weighted by atomic mass is 19.1. The summed E-state index contributed by atoms with van der Waals surface area (Å²) in [6.07, 6.45) is 3.06. The highest BCUT2D eigenvalue weighted by Crippen LogP contribution is 2.20. The van der Waals surface area contributed by atoms with Gasteiger partial charge in [0.2, 0.25) is 0 Å². The molecule has 0 aliphatic carbocycles. The van der Waals surface area contributed by atoms with Crippen molar-refractivity contribution in [1.29, 1.82) is 0 Å². The second-order valence-corrected chi connectivity index (χ2v) is 3.90. The van der Waals surface area contributed by atoms with Gasteiger partial charge < -0.3 is 4.42 Å². The van der Waals surface area contributed by atoms with Crippen molar-refractivity contribution in [2.45, 2.75) is 0 Å². The minimum atomic E-state index is -0.800. The topological polar surface area (TPSA) is 26.0 Å². The van der Waals surface area contributed by atoms with Crippen LogP contribution in [-0.4, -0.2) is 4.98 Å². The zero-order valence-corrected chi connectivity index (χ0v) is 9.51. The Morgan fingerprint density at radius 2 is 1.78 bits per heavy atom. The Morgan fingerprint density at radius 3 is 2.61 bits per heavy atom. The number of halogens is 1. The van der Waals surface area contributed by atoms with Crippen LogP contribution in [0.25, 0.3) is 23.3 Å². The van der Waals surface area contributed by atoms with Gasteiger partial charge in [-0.25, -0.2) is 0 Å². The second kappa shape index (κ2) is 4.45. The average molecular weight is 239 g/mol. The van der Waals surface area contributed by atoms with Crippen LogP contribution in [0.15, 0.2) is 52.9 Å². The molecule has 0 atom stereocenters. The van der Waals surface area contributed by atoms with E-state index in [1.54, 1.807) is 6.07 Å². The van der Waals surface area contributed by atoms with Crippen LogP contribution in [-0.2, 0) is 0 Å². The van der Waals surface area contributed by atoms with Gasteiger partial charge in [0.1, 0.15) is 5.52 Å². The quantitative estimate of drug-likeness (QED) is 0.628. The zero-order valence-electron chi connectivity index (χ0n) is 9.51. The molecule has 2 aromatic carbocycles. The van der Waals surface area contributed by atoms with Crippen molar-refractivity contribution in [2.24, 2.45) is 0 Å². The molecule has 0 aliphatic heterocycles. The minimum Gasteiger partial charge on any atom is -0.415 e. The monoisotopic (exact) mass is 239 g/mol. The molecule has 3 rings (SSSR count). The van der Waals surface area contributed by atoms with Crippen molar-refractivity contribution in [3.8, 4) is 0 Å². The lowest BCUT2D eigenvalue weighted by molar-refractivity contribution is 0.355. The van der Waals surface area contributed by atoms with Gasteiger partial charge in [-0.3, -0.25) is 0 Å². The molecule has 0 unspecified atom stereocenters. The van der Waals surface area contributed by atoms with Gasteiger partial charge >= 0.3 is 6.14 Å². The van der Waals surface area contributed by atoms with Crippen molar-refractivity contribution < 1.29 is 8.81 Å². The molecule has 0 radical (unpaired) electrons. The SMILES string of the molecule is Fc1nc2c(C=Cc3ccccc3)cccc2o1. The van der Waals surface area contributed by atoms with E-state index >= 15 is 0 Å². The van der Waals surface area contributed by atoms with E-state index in [2.05, 4.69) is 4.98 Å². The lowest BCUT2D eigenvalue weighted by Gasteiger charge is -1.94. The molecule has 0 spiro atoms. The molecular formula is C15H10FNO. The van der Waals surface area contributed by atoms with Crippen LogP contribution in [0.1, 0.15) is 11.1 Å². The van der Waals surface area contributed by atoms with E-state index in [9.17, 15) is 4.39 Å². The third-order valence-corrected chi connectivity index (χ3v) is 2.68. The van der Waals surface area contributed by atoms with Crippen molar-refractivity contribution in [3.05, 3.63) is 65.8 Å². The molecule has 88 valence electrons. The van der Waals surface area contributed by atoms with Crippen LogP contribution in [0.2, 0.25) is 0 Å². The van der Waals surface area contributed by atoms with Crippen molar-refractivity contribution in [3.63, 3.8) is 0 Å². The molecule has 0 N–H and O–H groups in total. The summed E-state index contributed by atoms with van der Waals surface area (Å²) >= 11 is 0. The maximum absolute atomic E-state index is 13.0. The molecule has 1 aromatic heterocycles. The number of para-hydroxylation sites is 1. The van der Waals surface area contributed by atoms with Gasteiger partial charge in [0, 0.05) is 5.56 Å². The minimum absolute atomic E-state index is 0.461. The van der Waals surface area contributed by atoms with E-state index in [0.29, 0.717) is 11.1 Å². The van der Waals surface area contributed by atoms with E-state index < -0.39 is 6.14 Å². The normalized spacial score (nSPS) is 11.4. The number of fused-ring (bicyclic) bond motifs is 1. The van der Waals surface area contributed by atoms with Crippen LogP contribution in [0, 0.1) is 6.14 Å². The Labute approximate surface area is 103 Å². The van der Waals surface area contributed by atoms with E-state index in [0.717, 1.165) is 11.1 Å². The van der Waals surface area contributed by atoms with E-state index in [4.69, 9.17) is 4.42 Å². The third kappa shape index (κ3) is 2.02. The molecule has 2 nitrogen and oxygen atoms in total. The maximum Gasteiger partial charge on any atom is 0.382 e. The molecule has 0 amide bonds. The predicted molar refractivity (Wildman–Crippen MR) is 69.3 cm³/mol. The van der Waals surface area contributed by atoms with Gasteiger partial charge in [-0.15, -0.1) is 4.39 Å². The lowest BCUT2D eigenvalue weighted by atomic mass is 10.1. The Balaban J connectivity index is 2.02. The zero-order chi connectivity index (χ0) is 12.4. The van der Waals surface area contributed by atoms with Crippen LogP contribution < -0.4 is 0 Å². The first-order valence-electron chi connectivity index (χ1n) is 5.61. The summed E-state index contributed by atoms with van der Waals surface area (Å²) in [5, 5.41) is 0. The second-order valence-electron chi connectivity index (χ2n) is 3.90. The average Bonchev–Trinajstić information content (AvgIpc) is 2.78. The number of hydrogen-bond acceptors (Lipinski definition) is 2. The third-order valence-electron chi connectivity index (χ3n) is 2.68. The van der Waals surface area contributed by atoms with Gasteiger partial charge in [0.05, 0.1) is 0 Å². The first kappa shape index (κ1) is 10.7. The number of oxazole rings is 1. The van der Waals surface area contributed by atoms with Gasteiger partial charge in [-0.05, 0) is 11.6 Å². The molecule has 3 heteroatoms. The molecule has 18 heavy (non-hydrogen) atoms. The molecule has 0 saturated heterocycles. The Kier molecular flexibility index (Phi) is 2.65. The molecule has 1 heterocycles. The highest BCUT2D eigenvalue weighted by Gasteiger charge is 2.06. The number of benzene rings is 2. The van der Waals surface area contributed by atoms with Crippen LogP contribution in [0.3, 0.4) is 0 Å². The number of nitrogens with zero attached hydrogens (tertiary/aromatic N) is 1. The largest absolute Gasteiger partial charge is 0.415 e. The summed E-state index contributed by atoms with van der Waals surface area (Å²) in [6, 6.07) is 15.3. The van der Waals surface area contributed by atoms with Crippen molar-refractivity contribution in [1.82, 2.24) is 4.98 Å². The fourth-order valence-electron chi connectivity index (χ4n) is 1.83. The molecule has 0 bridgehead atoms. The molecular weight excluding hydrogens is 229 g/mol. The molecule has 3 aromatic rings. The summed E-state index contributed by atoms with van der Waals surface area (Å²) in [5.41, 5.74) is 2.92. The summed E-state index contributed by atoms with van der Waals surface area (Å²) < 4.78 is 17.8. The Hall–Kier alpha value is -2.42. The highest BCUT2D eigenvalue weighted by molar-refractivity contribution is 5.86.